The highest BCUT2D eigenvalue weighted by Crippen LogP contribution is 2.25. The van der Waals surface area contributed by atoms with Crippen molar-refractivity contribution in [1.29, 1.82) is 0 Å². The number of nitrogens with zero attached hydrogens (tertiary/aromatic N) is 3. The van der Waals surface area contributed by atoms with E-state index in [2.05, 4.69) is 31.2 Å². The SMILES string of the molecule is O=C(Nc1cnc(Cl)c(Br)c1)c1cc(Cl)ncc1[N+](=O)[O-]. The number of nitro groups is 1. The molecule has 2 heterocycles. The number of nitrogens with one attached hydrogen (secondary N) is 1. The Balaban J connectivity index is 2.34. The van der Waals surface area contributed by atoms with Crippen LogP contribution in [0, 0.1) is 10.1 Å². The zero-order valence-corrected chi connectivity index (χ0v) is 13.1. The standard InChI is InChI=1S/C11H5BrCl2N4O3/c12-7-1-5(3-16-10(7)14)17-11(19)6-2-9(13)15-4-8(6)18(20)21/h1-4H,(H,17,19). The summed E-state index contributed by atoms with van der Waals surface area (Å²) in [7, 11) is 0. The lowest BCUT2D eigenvalue weighted by Gasteiger charge is -2.06. The monoisotopic (exact) mass is 390 g/mol. The Bertz CT molecular complexity index is 741. The zero-order chi connectivity index (χ0) is 15.6. The Morgan fingerprint density at radius 2 is 2.00 bits per heavy atom. The van der Waals surface area contributed by atoms with E-state index in [1.165, 1.54) is 12.3 Å². The average Bonchev–Trinajstić information content (AvgIpc) is 2.42. The number of pyridine rings is 2. The van der Waals surface area contributed by atoms with Crippen molar-refractivity contribution >= 4 is 56.4 Å². The third-order valence-electron chi connectivity index (χ3n) is 2.35. The van der Waals surface area contributed by atoms with Gasteiger partial charge in [-0.05, 0) is 28.1 Å². The third kappa shape index (κ3) is 3.66. The minimum atomic E-state index is -0.714. The van der Waals surface area contributed by atoms with Gasteiger partial charge in [0.05, 0.1) is 21.3 Å². The normalized spacial score (nSPS) is 10.2. The highest BCUT2D eigenvalue weighted by molar-refractivity contribution is 9.10. The number of amides is 1. The molecule has 0 aliphatic heterocycles. The van der Waals surface area contributed by atoms with E-state index in [0.29, 0.717) is 10.2 Å². The molecule has 0 aliphatic carbocycles. The van der Waals surface area contributed by atoms with Gasteiger partial charge in [0.1, 0.15) is 22.1 Å². The van der Waals surface area contributed by atoms with Crippen molar-refractivity contribution in [1.82, 2.24) is 9.97 Å². The van der Waals surface area contributed by atoms with Crippen molar-refractivity contribution in [3.05, 3.63) is 55.0 Å². The summed E-state index contributed by atoms with van der Waals surface area (Å²) >= 11 is 14.6. The highest BCUT2D eigenvalue weighted by Gasteiger charge is 2.21. The van der Waals surface area contributed by atoms with E-state index in [1.807, 2.05) is 0 Å². The maximum Gasteiger partial charge on any atom is 0.300 e. The van der Waals surface area contributed by atoms with Gasteiger partial charge in [-0.2, -0.15) is 0 Å². The first kappa shape index (κ1) is 15.6. The van der Waals surface area contributed by atoms with Crippen LogP contribution in [0.2, 0.25) is 10.3 Å². The molecule has 1 N–H and O–H groups in total. The summed E-state index contributed by atoms with van der Waals surface area (Å²) in [4.78, 5) is 29.7. The first-order valence-corrected chi connectivity index (χ1v) is 6.85. The first-order valence-electron chi connectivity index (χ1n) is 5.31. The number of carbonyl (C=O) groups is 1. The molecular weight excluding hydrogens is 387 g/mol. The summed E-state index contributed by atoms with van der Waals surface area (Å²) in [6, 6.07) is 2.63. The number of rotatable bonds is 3. The molecular formula is C11H5BrCl2N4O3. The van der Waals surface area contributed by atoms with Crippen molar-refractivity contribution < 1.29 is 9.72 Å². The summed E-state index contributed by atoms with van der Waals surface area (Å²) in [6.45, 7) is 0. The van der Waals surface area contributed by atoms with Crippen LogP contribution in [0.3, 0.4) is 0 Å². The average molecular weight is 392 g/mol. The molecule has 0 saturated carbocycles. The van der Waals surface area contributed by atoms with Crippen molar-refractivity contribution in [3.63, 3.8) is 0 Å². The second-order valence-corrected chi connectivity index (χ2v) is 5.33. The van der Waals surface area contributed by atoms with E-state index < -0.39 is 16.5 Å². The van der Waals surface area contributed by atoms with Crippen molar-refractivity contribution in [2.24, 2.45) is 0 Å². The lowest BCUT2D eigenvalue weighted by molar-refractivity contribution is -0.385. The molecule has 108 valence electrons. The largest absolute Gasteiger partial charge is 0.320 e. The fourth-order valence-electron chi connectivity index (χ4n) is 1.44. The Morgan fingerprint density at radius 3 is 2.62 bits per heavy atom. The molecule has 2 aromatic rings. The van der Waals surface area contributed by atoms with Crippen LogP contribution < -0.4 is 5.32 Å². The van der Waals surface area contributed by atoms with Gasteiger partial charge in [-0.25, -0.2) is 9.97 Å². The topological polar surface area (TPSA) is 98.0 Å². The molecule has 2 aromatic heterocycles. The van der Waals surface area contributed by atoms with Gasteiger partial charge in [0.25, 0.3) is 11.6 Å². The molecule has 1 amide bonds. The highest BCUT2D eigenvalue weighted by atomic mass is 79.9. The number of aromatic nitrogens is 2. The fraction of sp³-hybridized carbons (Fsp3) is 0. The predicted molar refractivity (Wildman–Crippen MR) is 80.8 cm³/mol. The van der Waals surface area contributed by atoms with Gasteiger partial charge < -0.3 is 5.32 Å². The molecule has 2 rings (SSSR count). The summed E-state index contributed by atoms with van der Waals surface area (Å²) in [5.74, 6) is -0.706. The lowest BCUT2D eigenvalue weighted by Crippen LogP contribution is -2.14. The maximum atomic E-state index is 12.1. The van der Waals surface area contributed by atoms with Crippen LogP contribution in [0.15, 0.2) is 29.0 Å². The van der Waals surface area contributed by atoms with Crippen LogP contribution >= 0.6 is 39.1 Å². The summed E-state index contributed by atoms with van der Waals surface area (Å²) in [5.41, 5.74) is -0.331. The van der Waals surface area contributed by atoms with E-state index in [4.69, 9.17) is 23.2 Å². The molecule has 0 aliphatic rings. The van der Waals surface area contributed by atoms with Crippen LogP contribution in [-0.2, 0) is 0 Å². The van der Waals surface area contributed by atoms with Gasteiger partial charge in [0.2, 0.25) is 0 Å². The lowest BCUT2D eigenvalue weighted by atomic mass is 10.2. The van der Waals surface area contributed by atoms with E-state index in [-0.39, 0.29) is 15.9 Å². The second kappa shape index (κ2) is 6.33. The Kier molecular flexibility index (Phi) is 4.71. The van der Waals surface area contributed by atoms with Crippen molar-refractivity contribution in [2.75, 3.05) is 5.32 Å². The summed E-state index contributed by atoms with van der Waals surface area (Å²) in [5, 5.41) is 13.6. The van der Waals surface area contributed by atoms with Crippen LogP contribution in [-0.4, -0.2) is 20.8 Å². The quantitative estimate of drug-likeness (QED) is 0.488. The van der Waals surface area contributed by atoms with E-state index >= 15 is 0 Å². The van der Waals surface area contributed by atoms with E-state index in [0.717, 1.165) is 12.3 Å². The molecule has 0 fully saturated rings. The van der Waals surface area contributed by atoms with Crippen molar-refractivity contribution in [3.8, 4) is 0 Å². The molecule has 0 bridgehead atoms. The van der Waals surface area contributed by atoms with Crippen LogP contribution in [0.1, 0.15) is 10.4 Å². The van der Waals surface area contributed by atoms with E-state index in [1.54, 1.807) is 0 Å². The minimum Gasteiger partial charge on any atom is -0.320 e. The van der Waals surface area contributed by atoms with Gasteiger partial charge in [0.15, 0.2) is 0 Å². The Morgan fingerprint density at radius 1 is 1.29 bits per heavy atom. The van der Waals surface area contributed by atoms with Crippen LogP contribution in [0.5, 0.6) is 0 Å². The molecule has 7 nitrogen and oxygen atoms in total. The van der Waals surface area contributed by atoms with Gasteiger partial charge in [-0.1, -0.05) is 23.2 Å². The zero-order valence-electron chi connectivity index (χ0n) is 10.0. The third-order valence-corrected chi connectivity index (χ3v) is 3.69. The van der Waals surface area contributed by atoms with E-state index in [9.17, 15) is 14.9 Å². The number of hydrogen-bond acceptors (Lipinski definition) is 5. The van der Waals surface area contributed by atoms with Gasteiger partial charge in [-0.15, -0.1) is 0 Å². The van der Waals surface area contributed by atoms with Crippen molar-refractivity contribution in [2.45, 2.75) is 0 Å². The maximum absolute atomic E-state index is 12.1. The van der Waals surface area contributed by atoms with Gasteiger partial charge >= 0.3 is 0 Å². The molecule has 0 radical (unpaired) electrons. The molecule has 10 heteroatoms. The Hall–Kier alpha value is -1.77. The molecule has 0 spiro atoms. The number of carbonyl (C=O) groups excluding carboxylic acids is 1. The number of hydrogen-bond donors (Lipinski definition) is 1. The molecule has 0 unspecified atom stereocenters. The molecule has 0 atom stereocenters. The summed E-state index contributed by atoms with van der Waals surface area (Å²) in [6.07, 6.45) is 2.24. The Labute approximate surface area is 136 Å². The summed E-state index contributed by atoms with van der Waals surface area (Å²) < 4.78 is 0.476. The number of halogens is 3. The molecule has 0 saturated heterocycles. The van der Waals surface area contributed by atoms with Gasteiger partial charge in [0, 0.05) is 0 Å². The van der Waals surface area contributed by atoms with Crippen LogP contribution in [0.4, 0.5) is 11.4 Å². The minimum absolute atomic E-state index is 0.0267. The molecule has 0 aromatic carbocycles. The fourth-order valence-corrected chi connectivity index (χ4v) is 2.05. The smallest absolute Gasteiger partial charge is 0.300 e. The van der Waals surface area contributed by atoms with Crippen LogP contribution in [0.25, 0.3) is 0 Å². The molecule has 21 heavy (non-hydrogen) atoms. The predicted octanol–water partition coefficient (Wildman–Crippen LogP) is 3.71. The second-order valence-electron chi connectivity index (χ2n) is 3.73. The number of anilines is 1. The van der Waals surface area contributed by atoms with Gasteiger partial charge in [-0.3, -0.25) is 14.9 Å². The first-order chi connectivity index (χ1) is 9.88.